The van der Waals surface area contributed by atoms with Gasteiger partial charge in [-0.2, -0.15) is 0 Å². The number of piperidine rings is 1. The van der Waals surface area contributed by atoms with Gasteiger partial charge >= 0.3 is 0 Å². The number of likely N-dealkylation sites (tertiary alicyclic amines) is 1. The molecule has 1 unspecified atom stereocenters. The fraction of sp³-hybridized carbons (Fsp3) is 0.625. The minimum atomic E-state index is 0.597. The van der Waals surface area contributed by atoms with Crippen molar-refractivity contribution >= 4 is 0 Å². The molecule has 0 aliphatic carbocycles. The molecule has 2 aliphatic heterocycles. The van der Waals surface area contributed by atoms with Crippen molar-refractivity contribution in [2.45, 2.75) is 44.7 Å². The van der Waals surface area contributed by atoms with Crippen molar-refractivity contribution in [3.8, 4) is 0 Å². The topological polar surface area (TPSA) is 15.3 Å². The number of benzene rings is 1. The maximum atomic E-state index is 3.62. The maximum absolute atomic E-state index is 3.62. The molecule has 2 saturated heterocycles. The van der Waals surface area contributed by atoms with E-state index in [1.165, 1.54) is 62.9 Å². The normalized spacial score (nSPS) is 25.4. The fourth-order valence-electron chi connectivity index (χ4n) is 3.19. The van der Waals surface area contributed by atoms with Crippen LogP contribution in [0.4, 0.5) is 0 Å². The molecular weight excluding hydrogens is 220 g/mol. The molecule has 2 fully saturated rings. The molecule has 1 aromatic carbocycles. The van der Waals surface area contributed by atoms with Crippen LogP contribution < -0.4 is 5.32 Å². The third-order valence-corrected chi connectivity index (χ3v) is 4.30. The molecular formula is C16H24N2. The van der Waals surface area contributed by atoms with E-state index in [0.29, 0.717) is 6.04 Å². The Hall–Kier alpha value is -0.860. The summed E-state index contributed by atoms with van der Waals surface area (Å²) in [4.78, 5) is 2.56. The van der Waals surface area contributed by atoms with Gasteiger partial charge in [0.2, 0.25) is 0 Å². The van der Waals surface area contributed by atoms with E-state index < -0.39 is 0 Å². The summed E-state index contributed by atoms with van der Waals surface area (Å²) < 4.78 is 0. The van der Waals surface area contributed by atoms with Crippen LogP contribution in [0.3, 0.4) is 0 Å². The van der Waals surface area contributed by atoms with Crippen molar-refractivity contribution in [3.63, 3.8) is 0 Å². The first kappa shape index (κ1) is 12.2. The van der Waals surface area contributed by atoms with Gasteiger partial charge < -0.3 is 5.32 Å². The Morgan fingerprint density at radius 1 is 1.00 bits per heavy atom. The Bertz CT molecular complexity index is 359. The molecule has 3 rings (SSSR count). The van der Waals surface area contributed by atoms with Crippen LogP contribution >= 0.6 is 0 Å². The predicted molar refractivity (Wildman–Crippen MR) is 75.5 cm³/mol. The summed E-state index contributed by atoms with van der Waals surface area (Å²) in [7, 11) is 0. The van der Waals surface area contributed by atoms with E-state index in [1.807, 2.05) is 0 Å². The molecule has 2 heteroatoms. The number of hydrogen-bond acceptors (Lipinski definition) is 2. The quantitative estimate of drug-likeness (QED) is 0.879. The zero-order chi connectivity index (χ0) is 12.2. The monoisotopic (exact) mass is 244 g/mol. The Morgan fingerprint density at radius 3 is 2.44 bits per heavy atom. The number of nitrogens with one attached hydrogen (secondary N) is 1. The van der Waals surface area contributed by atoms with Gasteiger partial charge in [0.1, 0.15) is 0 Å². The molecule has 18 heavy (non-hydrogen) atoms. The molecule has 1 atom stereocenters. The number of nitrogens with zero attached hydrogens (tertiary/aromatic N) is 1. The van der Waals surface area contributed by atoms with Crippen molar-refractivity contribution in [2.24, 2.45) is 0 Å². The summed E-state index contributed by atoms with van der Waals surface area (Å²) in [5.41, 5.74) is 2.94. The van der Waals surface area contributed by atoms with Crippen molar-refractivity contribution in [3.05, 3.63) is 35.4 Å². The zero-order valence-electron chi connectivity index (χ0n) is 11.2. The van der Waals surface area contributed by atoms with Crippen LogP contribution in [0.15, 0.2) is 24.3 Å². The second kappa shape index (κ2) is 5.85. The molecule has 0 spiro atoms. The molecule has 0 bridgehead atoms. The third kappa shape index (κ3) is 2.93. The van der Waals surface area contributed by atoms with E-state index >= 15 is 0 Å². The Labute approximate surface area is 110 Å². The molecule has 0 aromatic heterocycles. The van der Waals surface area contributed by atoms with Crippen LogP contribution in [-0.4, -0.2) is 24.5 Å². The van der Waals surface area contributed by atoms with Gasteiger partial charge in [-0.15, -0.1) is 0 Å². The second-order valence-corrected chi connectivity index (χ2v) is 5.73. The van der Waals surface area contributed by atoms with Crippen molar-refractivity contribution < 1.29 is 0 Å². The lowest BCUT2D eigenvalue weighted by molar-refractivity contribution is 0.331. The van der Waals surface area contributed by atoms with E-state index in [-0.39, 0.29) is 0 Å². The fourth-order valence-corrected chi connectivity index (χ4v) is 3.19. The van der Waals surface area contributed by atoms with Gasteiger partial charge in [-0.25, -0.2) is 0 Å². The standard InChI is InChI=1S/C16H24N2/c1-2-10-17-16(5-1)15-8-6-14(7-9-15)13-18-11-3-4-12-18/h6-9,16-17H,1-5,10-13H2. The van der Waals surface area contributed by atoms with E-state index in [2.05, 4.69) is 34.5 Å². The molecule has 0 saturated carbocycles. The van der Waals surface area contributed by atoms with Gasteiger partial charge in [-0.05, 0) is 56.4 Å². The molecule has 1 aromatic rings. The molecule has 0 radical (unpaired) electrons. The highest BCUT2D eigenvalue weighted by Crippen LogP contribution is 2.23. The highest BCUT2D eigenvalue weighted by atomic mass is 15.1. The Morgan fingerprint density at radius 2 is 1.78 bits per heavy atom. The van der Waals surface area contributed by atoms with Gasteiger partial charge in [0.25, 0.3) is 0 Å². The smallest absolute Gasteiger partial charge is 0.0320 e. The van der Waals surface area contributed by atoms with Gasteiger partial charge in [0, 0.05) is 12.6 Å². The highest BCUT2D eigenvalue weighted by Gasteiger charge is 2.15. The molecule has 0 amide bonds. The number of rotatable bonds is 3. The van der Waals surface area contributed by atoms with E-state index in [9.17, 15) is 0 Å². The lowest BCUT2D eigenvalue weighted by Crippen LogP contribution is -2.26. The van der Waals surface area contributed by atoms with Crippen LogP contribution in [0, 0.1) is 0 Å². The average Bonchev–Trinajstić information content (AvgIpc) is 2.94. The molecule has 2 nitrogen and oxygen atoms in total. The first-order valence-corrected chi connectivity index (χ1v) is 7.46. The minimum absolute atomic E-state index is 0.597. The molecule has 1 N–H and O–H groups in total. The Balaban J connectivity index is 1.60. The summed E-state index contributed by atoms with van der Waals surface area (Å²) in [6, 6.07) is 9.90. The predicted octanol–water partition coefficient (Wildman–Crippen LogP) is 3.10. The lowest BCUT2D eigenvalue weighted by atomic mass is 9.97. The number of hydrogen-bond donors (Lipinski definition) is 1. The first-order valence-electron chi connectivity index (χ1n) is 7.46. The first-order chi connectivity index (χ1) is 8.92. The SMILES string of the molecule is c1cc(C2CCCCN2)ccc1CN1CCCC1. The van der Waals surface area contributed by atoms with Crippen LogP contribution in [-0.2, 0) is 6.54 Å². The van der Waals surface area contributed by atoms with Crippen LogP contribution in [0.25, 0.3) is 0 Å². The molecule has 98 valence electrons. The van der Waals surface area contributed by atoms with Crippen LogP contribution in [0.5, 0.6) is 0 Å². The van der Waals surface area contributed by atoms with Gasteiger partial charge in [-0.3, -0.25) is 4.90 Å². The van der Waals surface area contributed by atoms with Crippen molar-refractivity contribution in [2.75, 3.05) is 19.6 Å². The third-order valence-electron chi connectivity index (χ3n) is 4.30. The van der Waals surface area contributed by atoms with E-state index in [0.717, 1.165) is 6.54 Å². The van der Waals surface area contributed by atoms with Crippen LogP contribution in [0.2, 0.25) is 0 Å². The Kier molecular flexibility index (Phi) is 3.96. The van der Waals surface area contributed by atoms with Gasteiger partial charge in [-0.1, -0.05) is 30.7 Å². The lowest BCUT2D eigenvalue weighted by Gasteiger charge is -2.24. The van der Waals surface area contributed by atoms with Gasteiger partial charge in [0.15, 0.2) is 0 Å². The second-order valence-electron chi connectivity index (χ2n) is 5.73. The van der Waals surface area contributed by atoms with Crippen molar-refractivity contribution in [1.29, 1.82) is 0 Å². The molecule has 2 aliphatic rings. The maximum Gasteiger partial charge on any atom is 0.0320 e. The highest BCUT2D eigenvalue weighted by molar-refractivity contribution is 5.25. The van der Waals surface area contributed by atoms with Crippen molar-refractivity contribution in [1.82, 2.24) is 10.2 Å². The molecule has 2 heterocycles. The summed E-state index contributed by atoms with van der Waals surface area (Å²) in [5, 5.41) is 3.62. The van der Waals surface area contributed by atoms with Gasteiger partial charge in [0.05, 0.1) is 0 Å². The average molecular weight is 244 g/mol. The summed E-state index contributed by atoms with van der Waals surface area (Å²) >= 11 is 0. The summed E-state index contributed by atoms with van der Waals surface area (Å²) in [6.07, 6.45) is 6.76. The van der Waals surface area contributed by atoms with E-state index in [1.54, 1.807) is 0 Å². The minimum Gasteiger partial charge on any atom is -0.310 e. The largest absolute Gasteiger partial charge is 0.310 e. The van der Waals surface area contributed by atoms with Crippen LogP contribution in [0.1, 0.15) is 49.3 Å². The zero-order valence-corrected chi connectivity index (χ0v) is 11.2. The summed E-state index contributed by atoms with van der Waals surface area (Å²) in [5.74, 6) is 0. The van der Waals surface area contributed by atoms with E-state index in [4.69, 9.17) is 0 Å². The summed E-state index contributed by atoms with van der Waals surface area (Å²) in [6.45, 7) is 4.89.